The van der Waals surface area contributed by atoms with E-state index in [4.69, 9.17) is 0 Å². The number of nitrogens with one attached hydrogen (secondary N) is 1. The summed E-state index contributed by atoms with van der Waals surface area (Å²) in [4.78, 5) is 0. The summed E-state index contributed by atoms with van der Waals surface area (Å²) in [7, 11) is 2.01. The Morgan fingerprint density at radius 3 is 2.71 bits per heavy atom. The quantitative estimate of drug-likeness (QED) is 0.760. The molecule has 0 radical (unpaired) electrons. The van der Waals surface area contributed by atoms with Gasteiger partial charge in [0.05, 0.1) is 10.7 Å². The summed E-state index contributed by atoms with van der Waals surface area (Å²) >= 11 is 1.91. The number of nitrogens with zero attached hydrogens (tertiary/aromatic N) is 2. The van der Waals surface area contributed by atoms with Crippen molar-refractivity contribution in [2.75, 3.05) is 6.54 Å². The van der Waals surface area contributed by atoms with Crippen LogP contribution >= 0.6 is 11.8 Å². The Kier molecular flexibility index (Phi) is 6.06. The highest BCUT2D eigenvalue weighted by molar-refractivity contribution is 7.99. The molecule has 0 fully saturated rings. The number of aromatic nitrogens is 2. The second kappa shape index (κ2) is 7.07. The maximum atomic E-state index is 4.37. The van der Waals surface area contributed by atoms with Crippen LogP contribution in [-0.2, 0) is 7.05 Å². The van der Waals surface area contributed by atoms with E-state index in [-0.39, 0.29) is 0 Å². The zero-order valence-corrected chi connectivity index (χ0v) is 12.5. The first-order valence-corrected chi connectivity index (χ1v) is 7.31. The predicted molar refractivity (Wildman–Crippen MR) is 75.6 cm³/mol. The monoisotopic (exact) mass is 255 g/mol. The van der Waals surface area contributed by atoms with Gasteiger partial charge in [-0.1, -0.05) is 13.8 Å². The molecule has 2 atom stereocenters. The fraction of sp³-hybridized carbons (Fsp3) is 0.769. The molecule has 0 amide bonds. The van der Waals surface area contributed by atoms with Gasteiger partial charge in [-0.3, -0.25) is 4.68 Å². The van der Waals surface area contributed by atoms with Crippen molar-refractivity contribution in [1.82, 2.24) is 15.1 Å². The Labute approximate surface area is 109 Å². The van der Waals surface area contributed by atoms with E-state index < -0.39 is 0 Å². The number of aryl methyl sites for hydroxylation is 2. The van der Waals surface area contributed by atoms with Crippen LogP contribution in [0.25, 0.3) is 0 Å². The van der Waals surface area contributed by atoms with E-state index >= 15 is 0 Å². The Morgan fingerprint density at radius 2 is 2.18 bits per heavy atom. The number of hydrogen-bond donors (Lipinski definition) is 1. The van der Waals surface area contributed by atoms with E-state index in [2.05, 4.69) is 37.3 Å². The average molecular weight is 255 g/mol. The van der Waals surface area contributed by atoms with Crippen LogP contribution < -0.4 is 5.32 Å². The van der Waals surface area contributed by atoms with Crippen LogP contribution in [-0.4, -0.2) is 27.6 Å². The molecule has 0 aliphatic carbocycles. The van der Waals surface area contributed by atoms with Gasteiger partial charge in [0.15, 0.2) is 0 Å². The molecule has 0 spiro atoms. The largest absolute Gasteiger partial charge is 0.314 e. The molecule has 0 aliphatic rings. The SMILES string of the molecule is CCCNC(C)CC(C)Sc1cc(C)nn1C. The summed E-state index contributed by atoms with van der Waals surface area (Å²) in [6, 6.07) is 2.75. The third-order valence-corrected chi connectivity index (χ3v) is 3.93. The summed E-state index contributed by atoms with van der Waals surface area (Å²) < 4.78 is 1.97. The van der Waals surface area contributed by atoms with Gasteiger partial charge in [-0.05, 0) is 39.3 Å². The van der Waals surface area contributed by atoms with Gasteiger partial charge in [0.2, 0.25) is 0 Å². The molecular weight excluding hydrogens is 230 g/mol. The molecule has 1 N–H and O–H groups in total. The predicted octanol–water partition coefficient (Wildman–Crippen LogP) is 2.99. The van der Waals surface area contributed by atoms with Crippen LogP contribution in [0.3, 0.4) is 0 Å². The molecule has 0 aromatic carbocycles. The van der Waals surface area contributed by atoms with Crippen molar-refractivity contribution in [1.29, 1.82) is 0 Å². The van der Waals surface area contributed by atoms with Crippen molar-refractivity contribution in [2.45, 2.75) is 56.9 Å². The van der Waals surface area contributed by atoms with E-state index in [0.29, 0.717) is 11.3 Å². The lowest BCUT2D eigenvalue weighted by atomic mass is 10.2. The molecule has 1 aromatic rings. The molecule has 0 saturated heterocycles. The summed E-state index contributed by atoms with van der Waals surface area (Å²) in [5.74, 6) is 0. The van der Waals surface area contributed by atoms with Crippen molar-refractivity contribution < 1.29 is 0 Å². The maximum absolute atomic E-state index is 4.37. The minimum atomic E-state index is 0.590. The first-order valence-electron chi connectivity index (χ1n) is 6.43. The second-order valence-electron chi connectivity index (χ2n) is 4.77. The van der Waals surface area contributed by atoms with Gasteiger partial charge in [-0.15, -0.1) is 11.8 Å². The Hall–Kier alpha value is -0.480. The number of rotatable bonds is 7. The van der Waals surface area contributed by atoms with Crippen LogP contribution in [0.15, 0.2) is 11.1 Å². The smallest absolute Gasteiger partial charge is 0.0941 e. The number of hydrogen-bond acceptors (Lipinski definition) is 3. The Morgan fingerprint density at radius 1 is 1.47 bits per heavy atom. The van der Waals surface area contributed by atoms with Crippen LogP contribution in [0.4, 0.5) is 0 Å². The third-order valence-electron chi connectivity index (χ3n) is 2.71. The molecule has 3 nitrogen and oxygen atoms in total. The van der Waals surface area contributed by atoms with E-state index in [9.17, 15) is 0 Å². The Balaban J connectivity index is 2.38. The van der Waals surface area contributed by atoms with Crippen molar-refractivity contribution >= 4 is 11.8 Å². The highest BCUT2D eigenvalue weighted by Gasteiger charge is 2.12. The lowest BCUT2D eigenvalue weighted by Gasteiger charge is -2.17. The second-order valence-corrected chi connectivity index (χ2v) is 6.23. The van der Waals surface area contributed by atoms with Crippen LogP contribution in [0.2, 0.25) is 0 Å². The van der Waals surface area contributed by atoms with Crippen molar-refractivity contribution in [3.05, 3.63) is 11.8 Å². The molecule has 1 aromatic heterocycles. The highest BCUT2D eigenvalue weighted by atomic mass is 32.2. The summed E-state index contributed by atoms with van der Waals surface area (Å²) in [6.45, 7) is 9.91. The maximum Gasteiger partial charge on any atom is 0.0941 e. The average Bonchev–Trinajstić information content (AvgIpc) is 2.54. The molecule has 0 saturated carbocycles. The fourth-order valence-electron chi connectivity index (χ4n) is 1.92. The zero-order valence-electron chi connectivity index (χ0n) is 11.7. The van der Waals surface area contributed by atoms with E-state index in [1.165, 1.54) is 17.9 Å². The van der Waals surface area contributed by atoms with Crippen molar-refractivity contribution in [3.63, 3.8) is 0 Å². The molecule has 4 heteroatoms. The third kappa shape index (κ3) is 5.13. The van der Waals surface area contributed by atoms with Gasteiger partial charge in [-0.2, -0.15) is 5.10 Å². The van der Waals surface area contributed by atoms with E-state index in [0.717, 1.165) is 12.2 Å². The van der Waals surface area contributed by atoms with Gasteiger partial charge in [0, 0.05) is 18.3 Å². The minimum absolute atomic E-state index is 0.590. The molecule has 1 rings (SSSR count). The molecule has 98 valence electrons. The molecule has 0 aliphatic heterocycles. The highest BCUT2D eigenvalue weighted by Crippen LogP contribution is 2.26. The van der Waals surface area contributed by atoms with Crippen LogP contribution in [0.5, 0.6) is 0 Å². The zero-order chi connectivity index (χ0) is 12.8. The van der Waals surface area contributed by atoms with Crippen molar-refractivity contribution in [3.8, 4) is 0 Å². The number of thioether (sulfide) groups is 1. The lowest BCUT2D eigenvalue weighted by Crippen LogP contribution is -2.29. The molecule has 1 heterocycles. The lowest BCUT2D eigenvalue weighted by molar-refractivity contribution is 0.512. The summed E-state index contributed by atoms with van der Waals surface area (Å²) in [5.41, 5.74) is 1.10. The van der Waals surface area contributed by atoms with Crippen LogP contribution in [0, 0.1) is 6.92 Å². The fourth-order valence-corrected chi connectivity index (χ4v) is 3.15. The van der Waals surface area contributed by atoms with Gasteiger partial charge in [0.1, 0.15) is 0 Å². The summed E-state index contributed by atoms with van der Waals surface area (Å²) in [5, 5.41) is 9.78. The van der Waals surface area contributed by atoms with Gasteiger partial charge in [0.25, 0.3) is 0 Å². The topological polar surface area (TPSA) is 29.9 Å². The molecule has 2 unspecified atom stereocenters. The molecular formula is C13H25N3S. The Bertz CT molecular complexity index is 335. The minimum Gasteiger partial charge on any atom is -0.314 e. The van der Waals surface area contributed by atoms with Crippen LogP contribution in [0.1, 0.15) is 39.3 Å². The first kappa shape index (κ1) is 14.6. The first-order chi connectivity index (χ1) is 8.02. The standard InChI is InChI=1S/C13H25N3S/c1-6-7-14-10(2)8-12(4)17-13-9-11(3)15-16(13)5/h9-10,12,14H,6-8H2,1-5H3. The summed E-state index contributed by atoms with van der Waals surface area (Å²) in [6.07, 6.45) is 2.39. The van der Waals surface area contributed by atoms with Crippen molar-refractivity contribution in [2.24, 2.45) is 7.05 Å². The van der Waals surface area contributed by atoms with Gasteiger partial charge in [-0.25, -0.2) is 0 Å². The van der Waals surface area contributed by atoms with Gasteiger partial charge >= 0.3 is 0 Å². The van der Waals surface area contributed by atoms with Gasteiger partial charge < -0.3 is 5.32 Å². The van der Waals surface area contributed by atoms with E-state index in [1.54, 1.807) is 0 Å². The normalized spacial score (nSPS) is 14.9. The van der Waals surface area contributed by atoms with E-state index in [1.807, 2.05) is 30.4 Å². The molecule has 17 heavy (non-hydrogen) atoms. The molecule has 0 bridgehead atoms.